The second kappa shape index (κ2) is 6.94. The Hall–Kier alpha value is -3.03. The van der Waals surface area contributed by atoms with Crippen molar-refractivity contribution in [3.8, 4) is 28.7 Å². The highest BCUT2D eigenvalue weighted by molar-refractivity contribution is 7.85. The summed E-state index contributed by atoms with van der Waals surface area (Å²) in [7, 11) is -3.79. The van der Waals surface area contributed by atoms with E-state index in [-0.39, 0.29) is 11.8 Å². The molecule has 1 heterocycles. The first-order chi connectivity index (χ1) is 13.0. The number of fused-ring (bicyclic) bond motifs is 1. The lowest BCUT2D eigenvalue weighted by molar-refractivity contribution is 0.430. The van der Waals surface area contributed by atoms with E-state index in [4.69, 9.17) is 13.7 Å². The highest BCUT2D eigenvalue weighted by Gasteiger charge is 2.27. The zero-order valence-electron chi connectivity index (χ0n) is 14.5. The summed E-state index contributed by atoms with van der Waals surface area (Å²) in [6.07, 6.45) is 0. The van der Waals surface area contributed by atoms with E-state index < -0.39 is 10.3 Å². The number of nitrogens with one attached hydrogen (secondary N) is 1. The summed E-state index contributed by atoms with van der Waals surface area (Å²) >= 11 is 0. The minimum Gasteiger partial charge on any atom is -0.457 e. The Balaban J connectivity index is 1.50. The Morgan fingerprint density at radius 3 is 2.04 bits per heavy atom. The van der Waals surface area contributed by atoms with Crippen LogP contribution in [-0.2, 0) is 10.3 Å². The third kappa shape index (κ3) is 4.05. The van der Waals surface area contributed by atoms with Gasteiger partial charge in [-0.3, -0.25) is 0 Å². The van der Waals surface area contributed by atoms with Gasteiger partial charge in [-0.05, 0) is 55.5 Å². The molecular formula is C20H17NO5S. The van der Waals surface area contributed by atoms with E-state index in [9.17, 15) is 8.42 Å². The highest BCUT2D eigenvalue weighted by atomic mass is 32.2. The van der Waals surface area contributed by atoms with Gasteiger partial charge >= 0.3 is 10.3 Å². The normalized spacial score (nSPS) is 17.4. The molecule has 7 heteroatoms. The molecule has 3 aromatic carbocycles. The molecule has 4 rings (SSSR count). The predicted octanol–water partition coefficient (Wildman–Crippen LogP) is 4.56. The van der Waals surface area contributed by atoms with Crippen molar-refractivity contribution in [3.63, 3.8) is 0 Å². The fraction of sp³-hybridized carbons (Fsp3) is 0.100. The van der Waals surface area contributed by atoms with E-state index in [1.165, 1.54) is 0 Å². The number of para-hydroxylation sites is 1. The van der Waals surface area contributed by atoms with Gasteiger partial charge in [0.15, 0.2) is 5.75 Å². The van der Waals surface area contributed by atoms with Gasteiger partial charge in [-0.15, -0.1) is 0 Å². The Morgan fingerprint density at radius 2 is 1.37 bits per heavy atom. The molecule has 27 heavy (non-hydrogen) atoms. The Kier molecular flexibility index (Phi) is 4.47. The fourth-order valence-corrected chi connectivity index (χ4v) is 3.76. The summed E-state index contributed by atoms with van der Waals surface area (Å²) < 4.78 is 42.3. The van der Waals surface area contributed by atoms with Crippen molar-refractivity contribution in [3.05, 3.63) is 78.4 Å². The molecule has 1 atom stereocenters. The molecule has 0 amide bonds. The molecule has 3 aromatic rings. The fourth-order valence-electron chi connectivity index (χ4n) is 2.77. The van der Waals surface area contributed by atoms with E-state index in [0.717, 1.165) is 11.3 Å². The van der Waals surface area contributed by atoms with Crippen LogP contribution in [0.5, 0.6) is 28.7 Å². The first kappa shape index (κ1) is 17.4. The lowest BCUT2D eigenvalue weighted by atomic mass is 10.1. The SMILES string of the molecule is CC1NS(=O)(=O)Oc2cc(Oc3ccc(Oc4ccccc4)cc3)ccc21. The standard InChI is InChI=1S/C20H17NO5S/c1-14-19-12-11-18(13-20(19)26-27(22,23)21-14)25-17-9-7-16(8-10-17)24-15-5-3-2-4-6-15/h2-14,21H,1H3. The van der Waals surface area contributed by atoms with Crippen molar-refractivity contribution in [2.75, 3.05) is 0 Å². The Bertz CT molecular complexity index is 1050. The predicted molar refractivity (Wildman–Crippen MR) is 101 cm³/mol. The van der Waals surface area contributed by atoms with Crippen molar-refractivity contribution >= 4 is 10.3 Å². The molecule has 0 fully saturated rings. The highest BCUT2D eigenvalue weighted by Crippen LogP contribution is 2.35. The maximum Gasteiger partial charge on any atom is 0.383 e. The molecule has 1 aliphatic rings. The maximum absolute atomic E-state index is 11.7. The van der Waals surface area contributed by atoms with Crippen LogP contribution in [0.1, 0.15) is 18.5 Å². The summed E-state index contributed by atoms with van der Waals surface area (Å²) in [6.45, 7) is 1.75. The second-order valence-electron chi connectivity index (χ2n) is 6.07. The van der Waals surface area contributed by atoms with E-state index in [1.807, 2.05) is 30.3 Å². The largest absolute Gasteiger partial charge is 0.457 e. The van der Waals surface area contributed by atoms with Crippen LogP contribution < -0.4 is 18.4 Å². The van der Waals surface area contributed by atoms with Gasteiger partial charge < -0.3 is 13.7 Å². The first-order valence-corrected chi connectivity index (χ1v) is 9.76. The van der Waals surface area contributed by atoms with Crippen molar-refractivity contribution in [2.24, 2.45) is 0 Å². The van der Waals surface area contributed by atoms with Crippen molar-refractivity contribution in [2.45, 2.75) is 13.0 Å². The van der Waals surface area contributed by atoms with Crippen LogP contribution in [0, 0.1) is 0 Å². The van der Waals surface area contributed by atoms with Crippen LogP contribution in [0.3, 0.4) is 0 Å². The minimum absolute atomic E-state index is 0.266. The number of hydrogen-bond donors (Lipinski definition) is 1. The van der Waals surface area contributed by atoms with Gasteiger partial charge in [0.25, 0.3) is 0 Å². The molecule has 0 aromatic heterocycles. The second-order valence-corrected chi connectivity index (χ2v) is 7.38. The molecule has 0 saturated carbocycles. The van der Waals surface area contributed by atoms with Crippen LogP contribution in [0.2, 0.25) is 0 Å². The monoisotopic (exact) mass is 383 g/mol. The minimum atomic E-state index is -3.79. The average Bonchev–Trinajstić information content (AvgIpc) is 2.63. The molecule has 1 unspecified atom stereocenters. The molecule has 0 saturated heterocycles. The van der Waals surface area contributed by atoms with Crippen LogP contribution in [0.25, 0.3) is 0 Å². The van der Waals surface area contributed by atoms with Crippen LogP contribution in [0.4, 0.5) is 0 Å². The number of rotatable bonds is 4. The molecule has 1 N–H and O–H groups in total. The van der Waals surface area contributed by atoms with Crippen molar-refractivity contribution in [1.29, 1.82) is 0 Å². The molecule has 138 valence electrons. The van der Waals surface area contributed by atoms with Crippen LogP contribution in [-0.4, -0.2) is 8.42 Å². The molecule has 0 aliphatic carbocycles. The van der Waals surface area contributed by atoms with E-state index in [0.29, 0.717) is 17.2 Å². The Labute approximate surface area is 157 Å². The van der Waals surface area contributed by atoms with E-state index >= 15 is 0 Å². The molecule has 0 radical (unpaired) electrons. The number of hydrogen-bond acceptors (Lipinski definition) is 5. The van der Waals surface area contributed by atoms with Gasteiger partial charge in [0.1, 0.15) is 23.0 Å². The van der Waals surface area contributed by atoms with Gasteiger partial charge in [-0.1, -0.05) is 18.2 Å². The van der Waals surface area contributed by atoms with Gasteiger partial charge in [-0.2, -0.15) is 13.1 Å². The summed E-state index contributed by atoms with van der Waals surface area (Å²) in [4.78, 5) is 0. The molecule has 0 bridgehead atoms. The van der Waals surface area contributed by atoms with Crippen LogP contribution in [0.15, 0.2) is 72.8 Å². The average molecular weight is 383 g/mol. The topological polar surface area (TPSA) is 73.9 Å². The Morgan fingerprint density at radius 1 is 0.815 bits per heavy atom. The molecule has 1 aliphatic heterocycles. The van der Waals surface area contributed by atoms with Gasteiger partial charge in [-0.25, -0.2) is 0 Å². The van der Waals surface area contributed by atoms with Crippen LogP contribution >= 0.6 is 0 Å². The summed E-state index contributed by atoms with van der Waals surface area (Å²) in [5, 5.41) is 0. The number of benzene rings is 3. The van der Waals surface area contributed by atoms with E-state index in [2.05, 4.69) is 4.72 Å². The summed E-state index contributed by atoms with van der Waals surface area (Å²) in [6, 6.07) is 21.4. The first-order valence-electron chi connectivity index (χ1n) is 8.35. The lowest BCUT2D eigenvalue weighted by Crippen LogP contribution is -2.35. The molecule has 6 nitrogen and oxygen atoms in total. The third-order valence-corrected chi connectivity index (χ3v) is 5.05. The van der Waals surface area contributed by atoms with Gasteiger partial charge in [0.05, 0.1) is 6.04 Å². The zero-order valence-corrected chi connectivity index (χ0v) is 15.3. The quantitative estimate of drug-likeness (QED) is 0.715. The zero-order chi connectivity index (χ0) is 18.9. The van der Waals surface area contributed by atoms with E-state index in [1.54, 1.807) is 49.4 Å². The number of ether oxygens (including phenoxy) is 2. The van der Waals surface area contributed by atoms with Gasteiger partial charge in [0.2, 0.25) is 0 Å². The van der Waals surface area contributed by atoms with Gasteiger partial charge in [0, 0.05) is 11.6 Å². The summed E-state index contributed by atoms with van der Waals surface area (Å²) in [5.74, 6) is 2.79. The third-order valence-electron chi connectivity index (χ3n) is 4.01. The van der Waals surface area contributed by atoms with Crippen molar-refractivity contribution in [1.82, 2.24) is 4.72 Å². The maximum atomic E-state index is 11.7. The molecule has 0 spiro atoms. The van der Waals surface area contributed by atoms with Crippen molar-refractivity contribution < 1.29 is 22.1 Å². The lowest BCUT2D eigenvalue weighted by Gasteiger charge is -2.23. The summed E-state index contributed by atoms with van der Waals surface area (Å²) in [5.41, 5.74) is 0.754. The smallest absolute Gasteiger partial charge is 0.383 e. The molecular weight excluding hydrogens is 366 g/mol.